The summed E-state index contributed by atoms with van der Waals surface area (Å²) < 4.78 is 5.31. The SMILES string of the molecule is CN(C)CC1CC(O)CN1CC(=O)OC(C)(C)C. The smallest absolute Gasteiger partial charge is 0.320 e. The third-order valence-electron chi connectivity index (χ3n) is 2.83. The Morgan fingerprint density at radius 1 is 1.44 bits per heavy atom. The molecule has 0 radical (unpaired) electrons. The monoisotopic (exact) mass is 258 g/mol. The van der Waals surface area contributed by atoms with Gasteiger partial charge in [-0.2, -0.15) is 0 Å². The molecule has 0 aromatic rings. The summed E-state index contributed by atoms with van der Waals surface area (Å²) in [6.07, 6.45) is 0.387. The molecule has 106 valence electrons. The highest BCUT2D eigenvalue weighted by atomic mass is 16.6. The zero-order chi connectivity index (χ0) is 13.9. The van der Waals surface area contributed by atoms with Crippen molar-refractivity contribution in [1.29, 1.82) is 0 Å². The summed E-state index contributed by atoms with van der Waals surface area (Å²) in [5.74, 6) is -0.222. The van der Waals surface area contributed by atoms with Gasteiger partial charge in [-0.1, -0.05) is 0 Å². The number of hydrogen-bond acceptors (Lipinski definition) is 5. The number of rotatable bonds is 4. The number of β-amino-alcohol motifs (C(OH)–C–C–N with tert-alkyl or cyclic N) is 1. The van der Waals surface area contributed by atoms with E-state index >= 15 is 0 Å². The molecule has 1 saturated heterocycles. The molecule has 0 bridgehead atoms. The van der Waals surface area contributed by atoms with Gasteiger partial charge in [0.2, 0.25) is 0 Å². The van der Waals surface area contributed by atoms with Crippen LogP contribution in [0.5, 0.6) is 0 Å². The van der Waals surface area contributed by atoms with Crippen LogP contribution in [0.3, 0.4) is 0 Å². The fourth-order valence-corrected chi connectivity index (χ4v) is 2.30. The van der Waals surface area contributed by atoms with E-state index in [1.165, 1.54) is 0 Å². The highest BCUT2D eigenvalue weighted by Crippen LogP contribution is 2.19. The fourth-order valence-electron chi connectivity index (χ4n) is 2.30. The Balaban J connectivity index is 2.51. The van der Waals surface area contributed by atoms with E-state index in [-0.39, 0.29) is 24.7 Å². The second-order valence-corrected chi connectivity index (χ2v) is 6.32. The second kappa shape index (κ2) is 5.99. The lowest BCUT2D eigenvalue weighted by molar-refractivity contribution is -0.156. The van der Waals surface area contributed by atoms with E-state index in [1.54, 1.807) is 0 Å². The van der Waals surface area contributed by atoms with Crippen LogP contribution in [-0.2, 0) is 9.53 Å². The predicted octanol–water partition coefficient (Wildman–Crippen LogP) is 0.325. The van der Waals surface area contributed by atoms with Gasteiger partial charge < -0.3 is 14.7 Å². The van der Waals surface area contributed by atoms with Crippen LogP contribution in [0.4, 0.5) is 0 Å². The maximum atomic E-state index is 11.8. The van der Waals surface area contributed by atoms with E-state index in [9.17, 15) is 9.90 Å². The van der Waals surface area contributed by atoms with Crippen LogP contribution in [0.2, 0.25) is 0 Å². The number of carbonyl (C=O) groups is 1. The summed E-state index contributed by atoms with van der Waals surface area (Å²) in [5, 5.41) is 9.72. The molecule has 1 aliphatic rings. The van der Waals surface area contributed by atoms with E-state index in [1.807, 2.05) is 39.8 Å². The maximum absolute atomic E-state index is 11.8. The number of esters is 1. The van der Waals surface area contributed by atoms with Gasteiger partial charge in [-0.25, -0.2) is 0 Å². The average Bonchev–Trinajstić information content (AvgIpc) is 2.41. The molecule has 0 aromatic heterocycles. The molecule has 0 amide bonds. The molecule has 2 unspecified atom stereocenters. The molecule has 0 aromatic carbocycles. The summed E-state index contributed by atoms with van der Waals surface area (Å²) >= 11 is 0. The average molecular weight is 258 g/mol. The first-order chi connectivity index (χ1) is 8.17. The van der Waals surface area contributed by atoms with Crippen molar-refractivity contribution in [1.82, 2.24) is 9.80 Å². The minimum absolute atomic E-state index is 0.222. The Morgan fingerprint density at radius 3 is 2.56 bits per heavy atom. The quantitative estimate of drug-likeness (QED) is 0.736. The third-order valence-corrected chi connectivity index (χ3v) is 2.83. The number of aliphatic hydroxyl groups is 1. The fraction of sp³-hybridized carbons (Fsp3) is 0.923. The standard InChI is InChI=1S/C13H26N2O3/c1-13(2,3)18-12(17)9-15-8-11(16)6-10(15)7-14(4)5/h10-11,16H,6-9H2,1-5H3. The van der Waals surface area contributed by atoms with Gasteiger partial charge in [-0.05, 0) is 41.3 Å². The number of hydrogen-bond donors (Lipinski definition) is 1. The Morgan fingerprint density at radius 2 is 2.06 bits per heavy atom. The molecule has 1 fully saturated rings. The van der Waals surface area contributed by atoms with Gasteiger partial charge in [0, 0.05) is 19.1 Å². The van der Waals surface area contributed by atoms with Crippen molar-refractivity contribution in [3.63, 3.8) is 0 Å². The van der Waals surface area contributed by atoms with Gasteiger partial charge in [-0.15, -0.1) is 0 Å². The number of likely N-dealkylation sites (tertiary alicyclic amines) is 1. The molecule has 0 spiro atoms. The van der Waals surface area contributed by atoms with Gasteiger partial charge in [0.15, 0.2) is 0 Å². The molecule has 1 N–H and O–H groups in total. The zero-order valence-corrected chi connectivity index (χ0v) is 12.1. The summed E-state index contributed by atoms with van der Waals surface area (Å²) in [4.78, 5) is 15.9. The Labute approximate surface area is 110 Å². The lowest BCUT2D eigenvalue weighted by Crippen LogP contribution is -2.42. The van der Waals surface area contributed by atoms with Gasteiger partial charge in [0.05, 0.1) is 12.6 Å². The van der Waals surface area contributed by atoms with Crippen molar-refractivity contribution in [3.8, 4) is 0 Å². The number of nitrogens with zero attached hydrogens (tertiary/aromatic N) is 2. The van der Waals surface area contributed by atoms with Crippen LogP contribution in [0.1, 0.15) is 27.2 Å². The van der Waals surface area contributed by atoms with Crippen LogP contribution >= 0.6 is 0 Å². The van der Waals surface area contributed by atoms with Crippen molar-refractivity contribution in [2.45, 2.75) is 44.9 Å². The summed E-state index contributed by atoms with van der Waals surface area (Å²) in [6, 6.07) is 0.225. The molecule has 18 heavy (non-hydrogen) atoms. The first-order valence-electron chi connectivity index (χ1n) is 6.46. The molecular weight excluding hydrogens is 232 g/mol. The van der Waals surface area contributed by atoms with E-state index in [0.717, 1.165) is 13.0 Å². The van der Waals surface area contributed by atoms with Crippen molar-refractivity contribution in [2.75, 3.05) is 33.7 Å². The minimum Gasteiger partial charge on any atom is -0.459 e. The molecule has 0 saturated carbocycles. The maximum Gasteiger partial charge on any atom is 0.320 e. The van der Waals surface area contributed by atoms with Crippen molar-refractivity contribution >= 4 is 5.97 Å². The van der Waals surface area contributed by atoms with Crippen molar-refractivity contribution < 1.29 is 14.6 Å². The molecule has 5 nitrogen and oxygen atoms in total. The van der Waals surface area contributed by atoms with Crippen LogP contribution in [0.15, 0.2) is 0 Å². The van der Waals surface area contributed by atoms with Crippen LogP contribution in [-0.4, -0.2) is 72.4 Å². The molecular formula is C13H26N2O3. The summed E-state index contributed by atoms with van der Waals surface area (Å²) in [6.45, 7) is 7.24. The number of likely N-dealkylation sites (N-methyl/N-ethyl adjacent to an activating group) is 1. The highest BCUT2D eigenvalue weighted by molar-refractivity contribution is 5.72. The van der Waals surface area contributed by atoms with Crippen molar-refractivity contribution in [2.24, 2.45) is 0 Å². The molecule has 0 aliphatic carbocycles. The highest BCUT2D eigenvalue weighted by Gasteiger charge is 2.33. The second-order valence-electron chi connectivity index (χ2n) is 6.32. The first-order valence-corrected chi connectivity index (χ1v) is 6.46. The normalized spacial score (nSPS) is 25.7. The van der Waals surface area contributed by atoms with E-state index in [4.69, 9.17) is 4.74 Å². The third kappa shape index (κ3) is 5.33. The summed E-state index contributed by atoms with van der Waals surface area (Å²) in [5.41, 5.74) is -0.452. The van der Waals surface area contributed by atoms with E-state index < -0.39 is 5.60 Å². The van der Waals surface area contributed by atoms with Gasteiger partial charge in [-0.3, -0.25) is 9.69 Å². The van der Waals surface area contributed by atoms with Gasteiger partial charge in [0.1, 0.15) is 5.60 Å². The number of aliphatic hydroxyl groups excluding tert-OH is 1. The number of carbonyl (C=O) groups excluding carboxylic acids is 1. The van der Waals surface area contributed by atoms with Crippen LogP contribution in [0.25, 0.3) is 0 Å². The van der Waals surface area contributed by atoms with Gasteiger partial charge in [0.25, 0.3) is 0 Å². The lowest BCUT2D eigenvalue weighted by atomic mass is 10.2. The van der Waals surface area contributed by atoms with Crippen molar-refractivity contribution in [3.05, 3.63) is 0 Å². The Bertz CT molecular complexity index is 286. The molecule has 1 rings (SSSR count). The Hall–Kier alpha value is -0.650. The first kappa shape index (κ1) is 15.4. The van der Waals surface area contributed by atoms with E-state index in [0.29, 0.717) is 6.54 Å². The van der Waals surface area contributed by atoms with Crippen LogP contribution in [0, 0.1) is 0 Å². The Kier molecular flexibility index (Phi) is 5.13. The molecule has 1 heterocycles. The van der Waals surface area contributed by atoms with E-state index in [2.05, 4.69) is 4.90 Å². The van der Waals surface area contributed by atoms with Gasteiger partial charge >= 0.3 is 5.97 Å². The zero-order valence-electron chi connectivity index (χ0n) is 12.1. The topological polar surface area (TPSA) is 53.0 Å². The molecule has 5 heteroatoms. The number of ether oxygens (including phenoxy) is 1. The molecule has 1 aliphatic heterocycles. The largest absolute Gasteiger partial charge is 0.459 e. The molecule has 2 atom stereocenters. The lowest BCUT2D eigenvalue weighted by Gasteiger charge is -2.27. The summed E-state index contributed by atoms with van der Waals surface area (Å²) in [7, 11) is 3.99. The van der Waals surface area contributed by atoms with Crippen LogP contribution < -0.4 is 0 Å². The minimum atomic E-state index is -0.452. The predicted molar refractivity (Wildman–Crippen MR) is 70.4 cm³/mol.